The van der Waals surface area contributed by atoms with Crippen molar-refractivity contribution >= 4 is 11.8 Å². The molecule has 0 saturated carbocycles. The molecule has 0 aromatic heterocycles. The van der Waals surface area contributed by atoms with E-state index in [2.05, 4.69) is 10.6 Å². The molecule has 1 saturated heterocycles. The van der Waals surface area contributed by atoms with Gasteiger partial charge in [0, 0.05) is 47.4 Å². The van der Waals surface area contributed by atoms with Crippen LogP contribution in [0.5, 0.6) is 0 Å². The van der Waals surface area contributed by atoms with Gasteiger partial charge in [0.15, 0.2) is 12.6 Å². The monoisotopic (exact) mass is 480 g/mol. The summed E-state index contributed by atoms with van der Waals surface area (Å²) in [5.74, 6) is -0.791. The number of rotatable bonds is 16. The Hall–Kier alpha value is -1.38. The third-order valence-corrected chi connectivity index (χ3v) is 5.44. The lowest BCUT2D eigenvalue weighted by molar-refractivity contribution is -0.278. The number of carbonyl (C=O) groups is 2. The van der Waals surface area contributed by atoms with Crippen LogP contribution >= 0.6 is 0 Å². The largest absolute Gasteiger partial charge is 0.396 e. The van der Waals surface area contributed by atoms with Gasteiger partial charge in [-0.15, -0.1) is 0 Å². The molecule has 1 unspecified atom stereocenters. The van der Waals surface area contributed by atoms with Gasteiger partial charge in [-0.3, -0.25) is 9.59 Å². The highest BCUT2D eigenvalue weighted by atomic mass is 16.7. The summed E-state index contributed by atoms with van der Waals surface area (Å²) >= 11 is 0. The zero-order chi connectivity index (χ0) is 24.8. The first kappa shape index (κ1) is 29.7. The van der Waals surface area contributed by atoms with E-state index in [9.17, 15) is 19.8 Å². The molecule has 6 atom stereocenters. The number of hydrogen-bond donors (Lipinski definition) is 5. The molecule has 0 aromatic rings. The molecule has 0 bridgehead atoms. The first-order chi connectivity index (χ1) is 15.8. The van der Waals surface area contributed by atoms with Crippen LogP contribution in [0.2, 0.25) is 0 Å². The van der Waals surface area contributed by atoms with E-state index < -0.39 is 48.9 Å². The number of amides is 2. The molecular formula is C21H40N2O10. The zero-order valence-electron chi connectivity index (χ0n) is 19.9. The van der Waals surface area contributed by atoms with Crippen molar-refractivity contribution in [2.24, 2.45) is 0 Å². The van der Waals surface area contributed by atoms with Gasteiger partial charge in [-0.2, -0.15) is 0 Å². The Labute approximate surface area is 194 Å². The number of aliphatic hydroxyl groups is 3. The minimum atomic E-state index is -1.38. The van der Waals surface area contributed by atoms with Crippen LogP contribution in [-0.2, 0) is 33.3 Å². The first-order valence-corrected chi connectivity index (χ1v) is 11.2. The van der Waals surface area contributed by atoms with E-state index in [4.69, 9.17) is 28.8 Å². The van der Waals surface area contributed by atoms with Gasteiger partial charge >= 0.3 is 0 Å². The molecule has 2 amide bonds. The normalized spacial score (nSPS) is 26.2. The molecule has 194 valence electrons. The van der Waals surface area contributed by atoms with Crippen molar-refractivity contribution in [3.05, 3.63) is 0 Å². The lowest BCUT2D eigenvalue weighted by Crippen LogP contribution is -2.64. The molecule has 1 heterocycles. The van der Waals surface area contributed by atoms with Crippen molar-refractivity contribution in [2.45, 2.75) is 82.1 Å². The van der Waals surface area contributed by atoms with Crippen LogP contribution < -0.4 is 10.6 Å². The van der Waals surface area contributed by atoms with Gasteiger partial charge < -0.3 is 49.6 Å². The van der Waals surface area contributed by atoms with Gasteiger partial charge in [0.2, 0.25) is 11.8 Å². The highest BCUT2D eigenvalue weighted by Gasteiger charge is 2.45. The van der Waals surface area contributed by atoms with E-state index >= 15 is 0 Å². The number of carbonyl (C=O) groups excluding carboxylic acids is 2. The van der Waals surface area contributed by atoms with E-state index in [0.717, 1.165) is 6.42 Å². The second-order valence-corrected chi connectivity index (χ2v) is 7.85. The van der Waals surface area contributed by atoms with E-state index in [1.807, 2.05) is 0 Å². The van der Waals surface area contributed by atoms with E-state index in [1.165, 1.54) is 21.3 Å². The van der Waals surface area contributed by atoms with Crippen molar-refractivity contribution in [1.82, 2.24) is 10.6 Å². The van der Waals surface area contributed by atoms with Crippen LogP contribution in [0, 0.1) is 0 Å². The highest BCUT2D eigenvalue weighted by Crippen LogP contribution is 2.24. The molecule has 0 radical (unpaired) electrons. The average molecular weight is 481 g/mol. The summed E-state index contributed by atoms with van der Waals surface area (Å²) in [6, 6.07) is -0.815. The van der Waals surface area contributed by atoms with Crippen molar-refractivity contribution in [2.75, 3.05) is 41.1 Å². The van der Waals surface area contributed by atoms with Crippen LogP contribution in [0.1, 0.15) is 39.0 Å². The third-order valence-electron chi connectivity index (χ3n) is 5.44. The summed E-state index contributed by atoms with van der Waals surface area (Å²) in [6.07, 6.45) is -2.87. The third kappa shape index (κ3) is 10.2. The first-order valence-electron chi connectivity index (χ1n) is 11.2. The molecule has 0 aromatic carbocycles. The summed E-state index contributed by atoms with van der Waals surface area (Å²) in [5, 5.41) is 34.5. The van der Waals surface area contributed by atoms with Crippen LogP contribution in [-0.4, -0.2) is 111 Å². The van der Waals surface area contributed by atoms with E-state index in [0.29, 0.717) is 25.9 Å². The number of unbranched alkanes of at least 4 members (excludes halogenated alkanes) is 2. The molecular weight excluding hydrogens is 440 g/mol. The Morgan fingerprint density at radius 2 is 1.82 bits per heavy atom. The van der Waals surface area contributed by atoms with Gasteiger partial charge in [-0.05, 0) is 19.8 Å². The van der Waals surface area contributed by atoms with Crippen molar-refractivity contribution in [3.8, 4) is 0 Å². The summed E-state index contributed by atoms with van der Waals surface area (Å²) in [4.78, 5) is 23.9. The second kappa shape index (κ2) is 16.3. The number of nitrogens with one attached hydrogen (secondary N) is 2. The number of methoxy groups -OCH3 is 3. The summed E-state index contributed by atoms with van der Waals surface area (Å²) in [6.45, 7) is 1.96. The summed E-state index contributed by atoms with van der Waals surface area (Å²) in [5.41, 5.74) is 0. The number of hydrogen-bond acceptors (Lipinski definition) is 10. The summed E-state index contributed by atoms with van der Waals surface area (Å²) < 4.78 is 26.9. The Balaban J connectivity index is 2.36. The molecule has 12 nitrogen and oxygen atoms in total. The quantitative estimate of drug-likeness (QED) is 0.132. The fourth-order valence-electron chi connectivity index (χ4n) is 3.43. The van der Waals surface area contributed by atoms with Crippen LogP contribution in [0.15, 0.2) is 0 Å². The number of ether oxygens (including phenoxy) is 5. The standard InChI is InChI=1S/C21H40N2O10/c1-13-17(23-20(28)14(25)9-10-24)18(27)19(31-4)21(33-13)32-11-7-5-6-8-15(26)22-12-16(29-2)30-3/h13-14,16-19,21,24-25,27H,5-12H2,1-4H3,(H,22,26)(H,23,28)/t13-,14?,17-,18+,19+,21-/m1/s1. The van der Waals surface area contributed by atoms with E-state index in [1.54, 1.807) is 6.92 Å². The molecule has 33 heavy (non-hydrogen) atoms. The minimum Gasteiger partial charge on any atom is -0.396 e. The molecule has 12 heteroatoms. The van der Waals surface area contributed by atoms with Crippen LogP contribution in [0.25, 0.3) is 0 Å². The average Bonchev–Trinajstić information content (AvgIpc) is 2.79. The van der Waals surface area contributed by atoms with Crippen LogP contribution in [0.3, 0.4) is 0 Å². The van der Waals surface area contributed by atoms with Crippen molar-refractivity contribution in [1.29, 1.82) is 0 Å². The smallest absolute Gasteiger partial charge is 0.249 e. The Morgan fingerprint density at radius 3 is 2.42 bits per heavy atom. The molecule has 0 aliphatic carbocycles. The molecule has 5 N–H and O–H groups in total. The predicted molar refractivity (Wildman–Crippen MR) is 116 cm³/mol. The van der Waals surface area contributed by atoms with Gasteiger partial charge in [-0.25, -0.2) is 0 Å². The van der Waals surface area contributed by atoms with Crippen molar-refractivity contribution < 1.29 is 48.6 Å². The fourth-order valence-corrected chi connectivity index (χ4v) is 3.43. The van der Waals surface area contributed by atoms with Gasteiger partial charge in [0.25, 0.3) is 0 Å². The van der Waals surface area contributed by atoms with E-state index in [-0.39, 0.29) is 25.5 Å². The highest BCUT2D eigenvalue weighted by molar-refractivity contribution is 5.80. The zero-order valence-corrected chi connectivity index (χ0v) is 19.9. The van der Waals surface area contributed by atoms with Gasteiger partial charge in [-0.1, -0.05) is 6.42 Å². The SMILES string of the molecule is COC(CNC(=O)CCCCCO[C@@H]1O[C@H](C)[C@@H](NC(=O)C(O)CCO)[C@H](O)[C@@H]1OC)OC. The second-order valence-electron chi connectivity index (χ2n) is 7.85. The minimum absolute atomic E-state index is 0.0841. The van der Waals surface area contributed by atoms with Crippen molar-refractivity contribution in [3.63, 3.8) is 0 Å². The maximum Gasteiger partial charge on any atom is 0.249 e. The topological polar surface area (TPSA) is 165 Å². The maximum atomic E-state index is 12.0. The lowest BCUT2D eigenvalue weighted by Gasteiger charge is -2.43. The molecule has 1 aliphatic heterocycles. The molecule has 1 rings (SSSR count). The van der Waals surface area contributed by atoms with Gasteiger partial charge in [0.05, 0.1) is 18.7 Å². The fraction of sp³-hybridized carbons (Fsp3) is 0.905. The molecule has 1 aliphatic rings. The van der Waals surface area contributed by atoms with Crippen LogP contribution in [0.4, 0.5) is 0 Å². The molecule has 0 spiro atoms. The molecule has 1 fully saturated rings. The van der Waals surface area contributed by atoms with Gasteiger partial charge in [0.1, 0.15) is 18.3 Å². The lowest BCUT2D eigenvalue weighted by atomic mass is 9.96. The Kier molecular flexibility index (Phi) is 14.6. The number of aliphatic hydroxyl groups excluding tert-OH is 3. The maximum absolute atomic E-state index is 12.0. The predicted octanol–water partition coefficient (Wildman–Crippen LogP) is -1.35. The Bertz CT molecular complexity index is 563. The Morgan fingerprint density at radius 1 is 1.12 bits per heavy atom. The summed E-state index contributed by atoms with van der Waals surface area (Å²) in [7, 11) is 4.41.